The van der Waals surface area contributed by atoms with Crippen molar-refractivity contribution in [3.05, 3.63) is 95.8 Å². The molecule has 4 aromatic rings. The number of halogens is 1. The minimum atomic E-state index is -0.294. The highest BCUT2D eigenvalue weighted by molar-refractivity contribution is 5.94. The normalized spacial score (nSPS) is 10.6. The van der Waals surface area contributed by atoms with Crippen LogP contribution in [0.15, 0.2) is 78.9 Å². The summed E-state index contributed by atoms with van der Waals surface area (Å²) in [6.07, 6.45) is 0. The summed E-state index contributed by atoms with van der Waals surface area (Å²) in [4.78, 5) is 25.4. The molecule has 1 heterocycles. The van der Waals surface area contributed by atoms with E-state index in [0.717, 1.165) is 17.0 Å². The first-order valence-corrected chi connectivity index (χ1v) is 13.5. The van der Waals surface area contributed by atoms with Gasteiger partial charge in [-0.25, -0.2) is 4.39 Å². The molecule has 220 valence electrons. The molecule has 0 bridgehead atoms. The van der Waals surface area contributed by atoms with Crippen LogP contribution < -0.4 is 26.0 Å². The van der Waals surface area contributed by atoms with Crippen molar-refractivity contribution in [2.75, 3.05) is 62.6 Å². The van der Waals surface area contributed by atoms with Crippen molar-refractivity contribution in [1.82, 2.24) is 20.3 Å². The summed E-state index contributed by atoms with van der Waals surface area (Å²) in [6.45, 7) is 2.88. The molecule has 0 saturated heterocycles. The van der Waals surface area contributed by atoms with Gasteiger partial charge < -0.3 is 35.5 Å². The number of amides is 1. The zero-order chi connectivity index (χ0) is 29.4. The lowest BCUT2D eigenvalue weighted by molar-refractivity contribution is 0.0519. The third kappa shape index (κ3) is 10.3. The Morgan fingerprint density at radius 2 is 1.38 bits per heavy atom. The largest absolute Gasteiger partial charge is 0.497 e. The zero-order valence-electron chi connectivity index (χ0n) is 23.3. The number of aromatic nitrogens is 3. The van der Waals surface area contributed by atoms with Crippen molar-refractivity contribution in [3.8, 4) is 5.75 Å². The Bertz CT molecular complexity index is 1380. The topological polar surface area (TPSA) is 132 Å². The summed E-state index contributed by atoms with van der Waals surface area (Å²) in [5.41, 5.74) is 2.27. The van der Waals surface area contributed by atoms with Gasteiger partial charge in [0.15, 0.2) is 0 Å². The molecule has 11 nitrogen and oxygen atoms in total. The summed E-state index contributed by atoms with van der Waals surface area (Å²) in [5, 5.41) is 12.3. The van der Waals surface area contributed by atoms with Crippen LogP contribution in [0.4, 0.5) is 27.9 Å². The smallest absolute Gasteiger partial charge is 0.251 e. The summed E-state index contributed by atoms with van der Waals surface area (Å²) >= 11 is 0. The van der Waals surface area contributed by atoms with Crippen LogP contribution in [0.3, 0.4) is 0 Å². The monoisotopic (exact) mass is 575 g/mol. The van der Waals surface area contributed by atoms with Crippen molar-refractivity contribution in [2.45, 2.75) is 6.54 Å². The van der Waals surface area contributed by atoms with Gasteiger partial charge in [-0.2, -0.15) is 15.0 Å². The Balaban J connectivity index is 1.20. The molecule has 1 aromatic heterocycles. The number of ether oxygens (including phenoxy) is 3. The van der Waals surface area contributed by atoms with Crippen molar-refractivity contribution in [2.24, 2.45) is 0 Å². The Kier molecular flexibility index (Phi) is 11.8. The van der Waals surface area contributed by atoms with Crippen LogP contribution in [-0.4, -0.2) is 67.5 Å². The number of methoxy groups -OCH3 is 1. The van der Waals surface area contributed by atoms with E-state index in [-0.39, 0.29) is 11.7 Å². The average Bonchev–Trinajstić information content (AvgIpc) is 3.02. The third-order valence-electron chi connectivity index (χ3n) is 5.81. The summed E-state index contributed by atoms with van der Waals surface area (Å²) in [6, 6.07) is 22.6. The molecule has 3 aromatic carbocycles. The predicted octanol–water partition coefficient (Wildman–Crippen LogP) is 4.25. The van der Waals surface area contributed by atoms with Crippen LogP contribution in [0.25, 0.3) is 0 Å². The van der Waals surface area contributed by atoms with Crippen LogP contribution in [-0.2, 0) is 16.0 Å². The lowest BCUT2D eigenvalue weighted by Gasteiger charge is -2.12. The number of carbonyl (C=O) groups excluding carboxylic acids is 1. The van der Waals surface area contributed by atoms with E-state index < -0.39 is 0 Å². The first kappa shape index (κ1) is 30.2. The SMILES string of the molecule is COc1ccc(Nc2nc(NCCOCCOCCNC(=O)c3ccccc3)nc(NCc3ccc(F)cc3)n2)cc1. The Labute approximate surface area is 243 Å². The number of anilines is 4. The highest BCUT2D eigenvalue weighted by atomic mass is 19.1. The second-order valence-corrected chi connectivity index (χ2v) is 8.91. The quantitative estimate of drug-likeness (QED) is 0.136. The first-order valence-electron chi connectivity index (χ1n) is 13.5. The molecule has 0 aliphatic heterocycles. The molecule has 0 aliphatic carbocycles. The molecular weight excluding hydrogens is 541 g/mol. The average molecular weight is 576 g/mol. The van der Waals surface area contributed by atoms with Gasteiger partial charge in [-0.05, 0) is 54.1 Å². The molecule has 1 amide bonds. The molecule has 0 fully saturated rings. The van der Waals surface area contributed by atoms with Crippen molar-refractivity contribution >= 4 is 29.4 Å². The van der Waals surface area contributed by atoms with Crippen LogP contribution in [0.5, 0.6) is 5.75 Å². The molecule has 4 N–H and O–H groups in total. The van der Waals surface area contributed by atoms with E-state index in [1.165, 1.54) is 12.1 Å². The fraction of sp³-hybridized carbons (Fsp3) is 0.267. The van der Waals surface area contributed by atoms with Gasteiger partial charge in [0.1, 0.15) is 11.6 Å². The van der Waals surface area contributed by atoms with E-state index in [4.69, 9.17) is 14.2 Å². The molecule has 0 radical (unpaired) electrons. The molecule has 0 spiro atoms. The molecule has 4 rings (SSSR count). The van der Waals surface area contributed by atoms with Gasteiger partial charge >= 0.3 is 0 Å². The fourth-order valence-corrected chi connectivity index (χ4v) is 3.66. The predicted molar refractivity (Wildman–Crippen MR) is 159 cm³/mol. The second-order valence-electron chi connectivity index (χ2n) is 8.91. The van der Waals surface area contributed by atoms with Gasteiger partial charge in [-0.3, -0.25) is 4.79 Å². The van der Waals surface area contributed by atoms with E-state index in [2.05, 4.69) is 36.2 Å². The summed E-state index contributed by atoms with van der Waals surface area (Å²) in [5.74, 6) is 1.36. The lowest BCUT2D eigenvalue weighted by Crippen LogP contribution is -2.27. The van der Waals surface area contributed by atoms with E-state index in [1.807, 2.05) is 42.5 Å². The van der Waals surface area contributed by atoms with Crippen LogP contribution >= 0.6 is 0 Å². The number of hydrogen-bond donors (Lipinski definition) is 4. The number of carbonyl (C=O) groups is 1. The zero-order valence-corrected chi connectivity index (χ0v) is 23.3. The molecular formula is C30H34FN7O4. The minimum absolute atomic E-state index is 0.129. The number of nitrogens with one attached hydrogen (secondary N) is 4. The minimum Gasteiger partial charge on any atom is -0.497 e. The maximum atomic E-state index is 13.2. The highest BCUT2D eigenvalue weighted by Crippen LogP contribution is 2.19. The van der Waals surface area contributed by atoms with Gasteiger partial charge in [0, 0.05) is 30.9 Å². The summed E-state index contributed by atoms with van der Waals surface area (Å²) in [7, 11) is 1.61. The van der Waals surface area contributed by atoms with Gasteiger partial charge in [-0.1, -0.05) is 30.3 Å². The van der Waals surface area contributed by atoms with Crippen molar-refractivity contribution in [3.63, 3.8) is 0 Å². The van der Waals surface area contributed by atoms with E-state index >= 15 is 0 Å². The molecule has 0 saturated carbocycles. The molecule has 12 heteroatoms. The Hall–Kier alpha value is -4.81. The maximum absolute atomic E-state index is 13.2. The van der Waals surface area contributed by atoms with Crippen LogP contribution in [0.2, 0.25) is 0 Å². The fourth-order valence-electron chi connectivity index (χ4n) is 3.66. The standard InChI is InChI=1S/C30H34FN7O4/c1-40-26-13-11-25(12-14-26)35-30-37-28(36-29(38-30)34-21-22-7-9-24(31)10-8-22)33-16-18-42-20-19-41-17-15-32-27(39)23-5-3-2-4-6-23/h2-14H,15-21H2,1H3,(H,32,39)(H3,33,34,35,36,37,38). The van der Waals surface area contributed by atoms with E-state index in [9.17, 15) is 9.18 Å². The number of benzene rings is 3. The molecule has 0 aliphatic rings. The highest BCUT2D eigenvalue weighted by Gasteiger charge is 2.08. The van der Waals surface area contributed by atoms with Crippen LogP contribution in [0, 0.1) is 5.82 Å². The van der Waals surface area contributed by atoms with E-state index in [1.54, 1.807) is 31.4 Å². The van der Waals surface area contributed by atoms with E-state index in [0.29, 0.717) is 69.5 Å². The van der Waals surface area contributed by atoms with Crippen LogP contribution in [0.1, 0.15) is 15.9 Å². The van der Waals surface area contributed by atoms with Gasteiger partial charge in [0.2, 0.25) is 17.8 Å². The lowest BCUT2D eigenvalue weighted by atomic mass is 10.2. The molecule has 0 atom stereocenters. The van der Waals surface area contributed by atoms with Gasteiger partial charge in [0.05, 0.1) is 33.5 Å². The second kappa shape index (κ2) is 16.5. The molecule has 42 heavy (non-hydrogen) atoms. The number of hydrogen-bond acceptors (Lipinski definition) is 10. The number of nitrogens with zero attached hydrogens (tertiary/aromatic N) is 3. The molecule has 0 unspecified atom stereocenters. The van der Waals surface area contributed by atoms with Gasteiger partial charge in [-0.15, -0.1) is 0 Å². The maximum Gasteiger partial charge on any atom is 0.251 e. The van der Waals surface area contributed by atoms with Crippen molar-refractivity contribution in [1.29, 1.82) is 0 Å². The Morgan fingerprint density at radius 3 is 2.07 bits per heavy atom. The number of rotatable bonds is 17. The third-order valence-corrected chi connectivity index (χ3v) is 5.81. The van der Waals surface area contributed by atoms with Crippen molar-refractivity contribution < 1.29 is 23.4 Å². The van der Waals surface area contributed by atoms with Gasteiger partial charge in [0.25, 0.3) is 5.91 Å². The first-order chi connectivity index (χ1) is 20.6. The Morgan fingerprint density at radius 1 is 0.738 bits per heavy atom. The summed E-state index contributed by atoms with van der Waals surface area (Å²) < 4.78 is 29.6.